The molecule has 7 heteroatoms. The van der Waals surface area contributed by atoms with Gasteiger partial charge < -0.3 is 14.8 Å². The summed E-state index contributed by atoms with van der Waals surface area (Å²) in [6.45, 7) is 4.19. The van der Waals surface area contributed by atoms with Gasteiger partial charge in [-0.15, -0.1) is 0 Å². The molecule has 4 aromatic rings. The first-order valence-corrected chi connectivity index (χ1v) is 11.8. The molecule has 0 amide bonds. The van der Waals surface area contributed by atoms with Crippen molar-refractivity contribution in [3.05, 3.63) is 112 Å². The third kappa shape index (κ3) is 3.80. The highest BCUT2D eigenvalue weighted by molar-refractivity contribution is 7.80. The highest BCUT2D eigenvalue weighted by atomic mass is 35.5. The van der Waals surface area contributed by atoms with Gasteiger partial charge in [0.2, 0.25) is 0 Å². The Morgan fingerprint density at radius 3 is 2.42 bits per heavy atom. The number of halogens is 2. The summed E-state index contributed by atoms with van der Waals surface area (Å²) in [5, 5.41) is 5.26. The van der Waals surface area contributed by atoms with Crippen LogP contribution in [0.25, 0.3) is 5.69 Å². The van der Waals surface area contributed by atoms with E-state index in [2.05, 4.69) is 51.8 Å². The third-order valence-electron chi connectivity index (χ3n) is 6.09. The van der Waals surface area contributed by atoms with Gasteiger partial charge in [-0.2, -0.15) is 0 Å². The number of aryl methyl sites for hydroxylation is 1. The van der Waals surface area contributed by atoms with Crippen LogP contribution in [0.3, 0.4) is 0 Å². The molecule has 0 radical (unpaired) electrons. The van der Waals surface area contributed by atoms with Gasteiger partial charge in [0.05, 0.1) is 33.5 Å². The lowest BCUT2D eigenvalue weighted by molar-refractivity contribution is 0.565. The van der Waals surface area contributed by atoms with Gasteiger partial charge in [0.25, 0.3) is 0 Å². The van der Waals surface area contributed by atoms with E-state index in [1.807, 2.05) is 54.7 Å². The van der Waals surface area contributed by atoms with Crippen LogP contribution in [0.5, 0.6) is 0 Å². The van der Waals surface area contributed by atoms with Crippen LogP contribution >= 0.6 is 35.4 Å². The van der Waals surface area contributed by atoms with Crippen molar-refractivity contribution in [1.82, 2.24) is 14.9 Å². The second-order valence-electron chi connectivity index (χ2n) is 8.07. The molecule has 2 aromatic carbocycles. The first kappa shape index (κ1) is 22.0. The predicted molar refractivity (Wildman–Crippen MR) is 140 cm³/mol. The Hall–Kier alpha value is -2.86. The molecule has 2 atom stereocenters. The fourth-order valence-electron chi connectivity index (χ4n) is 4.66. The SMILES string of the molecule is Cc1cc(C2C(c3ccccn3)NC(=S)N2c2ccccc2)c(C)n1-c1cccc(Cl)c1Cl. The van der Waals surface area contributed by atoms with Gasteiger partial charge in [-0.05, 0) is 74.1 Å². The van der Waals surface area contributed by atoms with Crippen molar-refractivity contribution in [1.29, 1.82) is 0 Å². The average molecular weight is 493 g/mol. The topological polar surface area (TPSA) is 33.1 Å². The number of para-hydroxylation sites is 1. The van der Waals surface area contributed by atoms with Gasteiger partial charge in [0.15, 0.2) is 5.11 Å². The van der Waals surface area contributed by atoms with Crippen LogP contribution in [0, 0.1) is 13.8 Å². The van der Waals surface area contributed by atoms with Crippen LogP contribution in [0.4, 0.5) is 5.69 Å². The second-order valence-corrected chi connectivity index (χ2v) is 9.24. The van der Waals surface area contributed by atoms with Crippen molar-refractivity contribution >= 4 is 46.2 Å². The molecule has 0 spiro atoms. The molecule has 2 unspecified atom stereocenters. The van der Waals surface area contributed by atoms with Gasteiger partial charge in [-0.25, -0.2) is 0 Å². The number of thiocarbonyl (C=S) groups is 1. The summed E-state index contributed by atoms with van der Waals surface area (Å²) in [5.74, 6) is 0. The number of benzene rings is 2. The summed E-state index contributed by atoms with van der Waals surface area (Å²) in [6, 6.07) is 23.9. The first-order valence-electron chi connectivity index (χ1n) is 10.7. The molecule has 0 saturated carbocycles. The monoisotopic (exact) mass is 492 g/mol. The normalized spacial score (nSPS) is 17.9. The molecule has 1 N–H and O–H groups in total. The summed E-state index contributed by atoms with van der Waals surface area (Å²) in [7, 11) is 0. The van der Waals surface area contributed by atoms with E-state index in [0.717, 1.165) is 34.0 Å². The maximum Gasteiger partial charge on any atom is 0.174 e. The Balaban J connectivity index is 1.70. The lowest BCUT2D eigenvalue weighted by atomic mass is 9.96. The lowest BCUT2D eigenvalue weighted by Crippen LogP contribution is -2.29. The Morgan fingerprint density at radius 1 is 0.939 bits per heavy atom. The zero-order valence-corrected chi connectivity index (χ0v) is 20.5. The van der Waals surface area contributed by atoms with E-state index in [4.69, 9.17) is 35.4 Å². The smallest absolute Gasteiger partial charge is 0.174 e. The zero-order chi connectivity index (χ0) is 23.1. The van der Waals surface area contributed by atoms with E-state index < -0.39 is 0 Å². The minimum absolute atomic E-state index is 0.0901. The Labute approximate surface area is 208 Å². The molecule has 1 saturated heterocycles. The van der Waals surface area contributed by atoms with Crippen LogP contribution in [0.1, 0.15) is 34.7 Å². The Morgan fingerprint density at radius 2 is 1.70 bits per heavy atom. The molecule has 0 aliphatic carbocycles. The van der Waals surface area contributed by atoms with E-state index in [9.17, 15) is 0 Å². The highest BCUT2D eigenvalue weighted by Gasteiger charge is 2.42. The van der Waals surface area contributed by atoms with Crippen molar-refractivity contribution < 1.29 is 0 Å². The van der Waals surface area contributed by atoms with E-state index >= 15 is 0 Å². The maximum atomic E-state index is 6.61. The van der Waals surface area contributed by atoms with Crippen LogP contribution in [0.15, 0.2) is 79.0 Å². The molecule has 5 rings (SSSR count). The first-order chi connectivity index (χ1) is 16.0. The van der Waals surface area contributed by atoms with E-state index in [0.29, 0.717) is 15.2 Å². The number of nitrogens with zero attached hydrogens (tertiary/aromatic N) is 3. The summed E-state index contributed by atoms with van der Waals surface area (Å²) >= 11 is 18.8. The molecule has 0 bridgehead atoms. The van der Waals surface area contributed by atoms with E-state index in [1.165, 1.54) is 0 Å². The molecule has 2 aromatic heterocycles. The second kappa shape index (κ2) is 8.82. The molecular formula is C26H22Cl2N4S. The summed E-state index contributed by atoms with van der Waals surface area (Å²) in [4.78, 5) is 6.83. The van der Waals surface area contributed by atoms with Crippen LogP contribution < -0.4 is 10.2 Å². The Bertz CT molecular complexity index is 1320. The summed E-state index contributed by atoms with van der Waals surface area (Å²) in [5.41, 5.74) is 6.13. The number of hydrogen-bond donors (Lipinski definition) is 1. The lowest BCUT2D eigenvalue weighted by Gasteiger charge is -2.28. The number of rotatable bonds is 4. The number of aromatic nitrogens is 2. The minimum atomic E-state index is -0.109. The van der Waals surface area contributed by atoms with Gasteiger partial charge in [-0.1, -0.05) is 53.5 Å². The highest BCUT2D eigenvalue weighted by Crippen LogP contribution is 2.44. The Kier molecular flexibility index (Phi) is 5.87. The van der Waals surface area contributed by atoms with Crippen LogP contribution in [-0.2, 0) is 0 Å². The van der Waals surface area contributed by atoms with E-state index in [-0.39, 0.29) is 12.1 Å². The van der Waals surface area contributed by atoms with Crippen molar-refractivity contribution in [2.24, 2.45) is 0 Å². The van der Waals surface area contributed by atoms with Crippen molar-refractivity contribution in [2.75, 3.05) is 4.90 Å². The molecule has 4 nitrogen and oxygen atoms in total. The van der Waals surface area contributed by atoms with Crippen molar-refractivity contribution in [3.8, 4) is 5.69 Å². The fourth-order valence-corrected chi connectivity index (χ4v) is 5.39. The fraction of sp³-hybridized carbons (Fsp3) is 0.154. The molecular weight excluding hydrogens is 471 g/mol. The van der Waals surface area contributed by atoms with Crippen molar-refractivity contribution in [2.45, 2.75) is 25.9 Å². The number of nitrogens with one attached hydrogen (secondary N) is 1. The zero-order valence-electron chi connectivity index (χ0n) is 18.2. The van der Waals surface area contributed by atoms with Gasteiger partial charge in [0.1, 0.15) is 0 Å². The molecule has 1 fully saturated rings. The maximum absolute atomic E-state index is 6.61. The molecule has 1 aliphatic heterocycles. The number of anilines is 1. The van der Waals surface area contributed by atoms with Gasteiger partial charge in [-0.3, -0.25) is 4.98 Å². The largest absolute Gasteiger partial charge is 0.351 e. The molecule has 3 heterocycles. The summed E-state index contributed by atoms with van der Waals surface area (Å²) in [6.07, 6.45) is 1.82. The molecule has 1 aliphatic rings. The van der Waals surface area contributed by atoms with Gasteiger partial charge in [0, 0.05) is 23.3 Å². The average Bonchev–Trinajstić information content (AvgIpc) is 3.32. The minimum Gasteiger partial charge on any atom is -0.351 e. The summed E-state index contributed by atoms with van der Waals surface area (Å²) < 4.78 is 2.16. The molecule has 166 valence electrons. The predicted octanol–water partition coefficient (Wildman–Crippen LogP) is 6.97. The van der Waals surface area contributed by atoms with Crippen LogP contribution in [0.2, 0.25) is 10.0 Å². The quantitative estimate of drug-likeness (QED) is 0.311. The number of hydrogen-bond acceptors (Lipinski definition) is 2. The standard InChI is InChI=1S/C26H22Cl2N4S/c1-16-15-19(17(2)31(16)22-13-8-11-20(27)23(22)28)25-24(21-12-6-7-14-29-21)30-26(33)32(25)18-9-4-3-5-10-18/h3-15,24-25H,1-2H3,(H,30,33). The third-order valence-corrected chi connectivity index (χ3v) is 7.22. The number of pyridine rings is 1. The van der Waals surface area contributed by atoms with E-state index in [1.54, 1.807) is 6.07 Å². The van der Waals surface area contributed by atoms with Gasteiger partial charge >= 0.3 is 0 Å². The van der Waals surface area contributed by atoms with Crippen molar-refractivity contribution in [3.63, 3.8) is 0 Å². The van der Waals surface area contributed by atoms with Crippen LogP contribution in [-0.4, -0.2) is 14.7 Å². The molecule has 33 heavy (non-hydrogen) atoms.